The molecule has 2 amide bonds. The van der Waals surface area contributed by atoms with Crippen LogP contribution in [0.1, 0.15) is 26.7 Å². The third kappa shape index (κ3) is 4.40. The molecule has 0 aromatic heterocycles. The molecule has 1 N–H and O–H groups in total. The molecule has 0 saturated heterocycles. The van der Waals surface area contributed by atoms with E-state index in [1.54, 1.807) is 13.8 Å². The van der Waals surface area contributed by atoms with Gasteiger partial charge in [0.2, 0.25) is 0 Å². The van der Waals surface area contributed by atoms with Crippen molar-refractivity contribution in [1.82, 2.24) is 10.2 Å². The second-order valence-electron chi connectivity index (χ2n) is 4.06. The summed E-state index contributed by atoms with van der Waals surface area (Å²) in [5.74, 6) is 0. The first-order valence-electron chi connectivity index (χ1n) is 4.93. The Bertz CT molecular complexity index is 236. The molecule has 0 spiro atoms. The van der Waals surface area contributed by atoms with Crippen molar-refractivity contribution >= 4 is 6.03 Å². The van der Waals surface area contributed by atoms with Crippen molar-refractivity contribution in [2.45, 2.75) is 44.9 Å². The average Bonchev–Trinajstić information content (AvgIpc) is 2.81. The fourth-order valence-corrected chi connectivity index (χ4v) is 1.17. The van der Waals surface area contributed by atoms with Gasteiger partial charge in [0.05, 0.1) is 0 Å². The Labute approximate surface area is 86.6 Å². The first-order valence-corrected chi connectivity index (χ1v) is 4.93. The standard InChI is InChI=1S/C9H15F3N2O/c1-6(2)14(5-9(10,11)12)8(15)13-7-3-4-7/h6-7H,3-5H2,1-2H3,(H,13,15). The van der Waals surface area contributed by atoms with E-state index in [1.807, 2.05) is 0 Å². The molecule has 1 fully saturated rings. The molecule has 1 rings (SSSR count). The highest BCUT2D eigenvalue weighted by molar-refractivity contribution is 5.75. The Morgan fingerprint density at radius 3 is 2.33 bits per heavy atom. The molecule has 1 aliphatic rings. The largest absolute Gasteiger partial charge is 0.406 e. The zero-order chi connectivity index (χ0) is 11.6. The summed E-state index contributed by atoms with van der Waals surface area (Å²) < 4.78 is 36.5. The Hall–Kier alpha value is -0.940. The molecule has 1 aliphatic carbocycles. The number of urea groups is 1. The number of hydrogen-bond donors (Lipinski definition) is 1. The number of carbonyl (C=O) groups is 1. The third-order valence-corrected chi connectivity index (χ3v) is 2.14. The normalized spacial score (nSPS) is 16.7. The molecule has 0 unspecified atom stereocenters. The summed E-state index contributed by atoms with van der Waals surface area (Å²) >= 11 is 0. The van der Waals surface area contributed by atoms with Crippen LogP contribution in [0.4, 0.5) is 18.0 Å². The molecule has 6 heteroatoms. The topological polar surface area (TPSA) is 32.3 Å². The molecule has 1 saturated carbocycles. The van der Waals surface area contributed by atoms with Crippen molar-refractivity contribution in [3.63, 3.8) is 0 Å². The minimum absolute atomic E-state index is 0.0759. The van der Waals surface area contributed by atoms with Crippen LogP contribution in [0.15, 0.2) is 0 Å². The van der Waals surface area contributed by atoms with Gasteiger partial charge in [-0.3, -0.25) is 0 Å². The molecule has 0 atom stereocenters. The summed E-state index contributed by atoms with van der Waals surface area (Å²) in [6.07, 6.45) is -2.61. The average molecular weight is 224 g/mol. The van der Waals surface area contributed by atoms with Gasteiger partial charge in [-0.15, -0.1) is 0 Å². The van der Waals surface area contributed by atoms with Crippen LogP contribution in [0.5, 0.6) is 0 Å². The summed E-state index contributed by atoms with van der Waals surface area (Å²) in [5, 5.41) is 2.54. The smallest absolute Gasteiger partial charge is 0.335 e. The van der Waals surface area contributed by atoms with Crippen LogP contribution in [0.25, 0.3) is 0 Å². The number of amides is 2. The maximum atomic E-state index is 12.2. The van der Waals surface area contributed by atoms with Crippen LogP contribution >= 0.6 is 0 Å². The Morgan fingerprint density at radius 2 is 2.00 bits per heavy atom. The quantitative estimate of drug-likeness (QED) is 0.782. The predicted molar refractivity (Wildman–Crippen MR) is 49.5 cm³/mol. The molecule has 15 heavy (non-hydrogen) atoms. The predicted octanol–water partition coefficient (Wildman–Crippen LogP) is 2.13. The SMILES string of the molecule is CC(C)N(CC(F)(F)F)C(=O)NC1CC1. The molecular formula is C9H15F3N2O. The van der Waals surface area contributed by atoms with Gasteiger partial charge in [-0.1, -0.05) is 0 Å². The number of alkyl halides is 3. The molecule has 0 bridgehead atoms. The van der Waals surface area contributed by atoms with Gasteiger partial charge in [0.15, 0.2) is 0 Å². The van der Waals surface area contributed by atoms with Crippen LogP contribution in [0.2, 0.25) is 0 Å². The van der Waals surface area contributed by atoms with E-state index in [4.69, 9.17) is 0 Å². The van der Waals surface area contributed by atoms with Gasteiger partial charge >= 0.3 is 12.2 Å². The monoisotopic (exact) mass is 224 g/mol. The Balaban J connectivity index is 2.51. The number of carbonyl (C=O) groups excluding carboxylic acids is 1. The van der Waals surface area contributed by atoms with E-state index in [-0.39, 0.29) is 6.04 Å². The number of halogens is 3. The van der Waals surface area contributed by atoms with Crippen molar-refractivity contribution < 1.29 is 18.0 Å². The summed E-state index contributed by atoms with van der Waals surface area (Å²) in [6.45, 7) is 1.94. The van der Waals surface area contributed by atoms with Crippen molar-refractivity contribution in [3.05, 3.63) is 0 Å². The molecular weight excluding hydrogens is 209 g/mol. The highest BCUT2D eigenvalue weighted by Gasteiger charge is 2.35. The van der Waals surface area contributed by atoms with Crippen LogP contribution < -0.4 is 5.32 Å². The molecule has 88 valence electrons. The third-order valence-electron chi connectivity index (χ3n) is 2.14. The first-order chi connectivity index (χ1) is 6.79. The second kappa shape index (κ2) is 4.28. The minimum Gasteiger partial charge on any atom is -0.335 e. The van der Waals surface area contributed by atoms with E-state index in [0.29, 0.717) is 0 Å². The van der Waals surface area contributed by atoms with E-state index in [2.05, 4.69) is 5.32 Å². The van der Waals surface area contributed by atoms with Crippen LogP contribution in [0.3, 0.4) is 0 Å². The highest BCUT2D eigenvalue weighted by Crippen LogP contribution is 2.21. The molecule has 0 aromatic carbocycles. The van der Waals surface area contributed by atoms with Crippen LogP contribution in [-0.2, 0) is 0 Å². The van der Waals surface area contributed by atoms with Gasteiger partial charge in [-0.05, 0) is 26.7 Å². The van der Waals surface area contributed by atoms with Gasteiger partial charge < -0.3 is 10.2 Å². The molecule has 0 heterocycles. The second-order valence-corrected chi connectivity index (χ2v) is 4.06. The van der Waals surface area contributed by atoms with E-state index >= 15 is 0 Å². The number of hydrogen-bond acceptors (Lipinski definition) is 1. The lowest BCUT2D eigenvalue weighted by atomic mass is 10.3. The summed E-state index contributed by atoms with van der Waals surface area (Å²) in [4.78, 5) is 12.2. The molecule has 0 radical (unpaired) electrons. The van der Waals surface area contributed by atoms with Gasteiger partial charge in [0.1, 0.15) is 6.54 Å². The van der Waals surface area contributed by atoms with Crippen LogP contribution in [-0.4, -0.2) is 35.7 Å². The summed E-state index contributed by atoms with van der Waals surface area (Å²) in [5.41, 5.74) is 0. The molecule has 3 nitrogen and oxygen atoms in total. The van der Waals surface area contributed by atoms with Gasteiger partial charge in [-0.2, -0.15) is 13.2 Å². The maximum absolute atomic E-state index is 12.2. The fourth-order valence-electron chi connectivity index (χ4n) is 1.17. The van der Waals surface area contributed by atoms with E-state index < -0.39 is 24.8 Å². The lowest BCUT2D eigenvalue weighted by molar-refractivity contribution is -0.142. The Morgan fingerprint density at radius 1 is 1.47 bits per heavy atom. The Kier molecular flexibility index (Phi) is 3.46. The first kappa shape index (κ1) is 12.1. The van der Waals surface area contributed by atoms with E-state index in [0.717, 1.165) is 17.7 Å². The number of nitrogens with one attached hydrogen (secondary N) is 1. The van der Waals surface area contributed by atoms with E-state index in [1.165, 1.54) is 0 Å². The van der Waals surface area contributed by atoms with E-state index in [9.17, 15) is 18.0 Å². The zero-order valence-electron chi connectivity index (χ0n) is 8.77. The lowest BCUT2D eigenvalue weighted by Crippen LogP contribution is -2.48. The summed E-state index contributed by atoms with van der Waals surface area (Å²) in [7, 11) is 0. The lowest BCUT2D eigenvalue weighted by Gasteiger charge is -2.27. The van der Waals surface area contributed by atoms with Gasteiger partial charge in [0, 0.05) is 12.1 Å². The number of rotatable bonds is 3. The molecule has 0 aromatic rings. The van der Waals surface area contributed by atoms with Crippen molar-refractivity contribution in [2.75, 3.05) is 6.54 Å². The maximum Gasteiger partial charge on any atom is 0.406 e. The van der Waals surface area contributed by atoms with Crippen LogP contribution in [0, 0.1) is 0 Å². The van der Waals surface area contributed by atoms with Crippen molar-refractivity contribution in [2.24, 2.45) is 0 Å². The van der Waals surface area contributed by atoms with Gasteiger partial charge in [0.25, 0.3) is 0 Å². The minimum atomic E-state index is -4.34. The summed E-state index contributed by atoms with van der Waals surface area (Å²) in [6, 6.07) is -0.998. The molecule has 0 aliphatic heterocycles. The van der Waals surface area contributed by atoms with Crippen molar-refractivity contribution in [1.29, 1.82) is 0 Å². The fraction of sp³-hybridized carbons (Fsp3) is 0.889. The number of nitrogens with zero attached hydrogens (tertiary/aromatic N) is 1. The van der Waals surface area contributed by atoms with Gasteiger partial charge in [-0.25, -0.2) is 4.79 Å². The highest BCUT2D eigenvalue weighted by atomic mass is 19.4. The van der Waals surface area contributed by atoms with Crippen molar-refractivity contribution in [3.8, 4) is 0 Å². The zero-order valence-corrected chi connectivity index (χ0v) is 8.77.